The predicted octanol–water partition coefficient (Wildman–Crippen LogP) is 3.97. The quantitative estimate of drug-likeness (QED) is 0.898. The Labute approximate surface area is 131 Å². The van der Waals surface area contributed by atoms with Crippen LogP contribution in [-0.2, 0) is 0 Å². The van der Waals surface area contributed by atoms with Crippen molar-refractivity contribution in [1.29, 1.82) is 0 Å². The van der Waals surface area contributed by atoms with Gasteiger partial charge >= 0.3 is 0 Å². The molecule has 1 heterocycles. The van der Waals surface area contributed by atoms with E-state index in [0.717, 1.165) is 4.47 Å². The van der Waals surface area contributed by atoms with E-state index in [1.807, 2.05) is 19.9 Å². The maximum Gasteiger partial charge on any atom is 0.163 e. The minimum Gasteiger partial charge on any atom is -0.493 e. The molecule has 0 aliphatic rings. The summed E-state index contributed by atoms with van der Waals surface area (Å²) >= 11 is 9.57. The fourth-order valence-corrected chi connectivity index (χ4v) is 2.66. The number of halogens is 2. The highest BCUT2D eigenvalue weighted by atomic mass is 79.9. The Hall–Kier alpha value is -1.04. The van der Waals surface area contributed by atoms with Gasteiger partial charge in [-0.15, -0.1) is 0 Å². The molecule has 0 saturated heterocycles. The van der Waals surface area contributed by atoms with Crippen molar-refractivity contribution < 1.29 is 9.84 Å². The molecule has 0 aliphatic heterocycles. The van der Waals surface area contributed by atoms with Gasteiger partial charge < -0.3 is 9.84 Å². The Morgan fingerprint density at radius 1 is 1.40 bits per heavy atom. The maximum atomic E-state index is 10.7. The number of methoxy groups -OCH3 is 1. The summed E-state index contributed by atoms with van der Waals surface area (Å²) in [7, 11) is 1.56. The monoisotopic (exact) mass is 358 g/mol. The van der Waals surface area contributed by atoms with Crippen LogP contribution >= 0.6 is 27.5 Å². The molecule has 0 saturated carbocycles. The first-order valence-electron chi connectivity index (χ1n) is 6.20. The fourth-order valence-electron chi connectivity index (χ4n) is 2.06. The second-order valence-electron chi connectivity index (χ2n) is 4.70. The van der Waals surface area contributed by atoms with Crippen LogP contribution in [0.2, 0.25) is 5.02 Å². The molecule has 4 nitrogen and oxygen atoms in total. The minimum atomic E-state index is -0.903. The third kappa shape index (κ3) is 2.85. The summed E-state index contributed by atoms with van der Waals surface area (Å²) in [4.78, 5) is 0. The van der Waals surface area contributed by atoms with E-state index in [-0.39, 0.29) is 6.04 Å². The molecule has 0 aliphatic carbocycles. The summed E-state index contributed by atoms with van der Waals surface area (Å²) in [5.41, 5.74) is 1.21. The van der Waals surface area contributed by atoms with Crippen LogP contribution in [0.3, 0.4) is 0 Å². The second kappa shape index (κ2) is 6.16. The lowest BCUT2D eigenvalue weighted by Crippen LogP contribution is -2.13. The zero-order valence-corrected chi connectivity index (χ0v) is 13.8. The van der Waals surface area contributed by atoms with Crippen molar-refractivity contribution >= 4 is 27.5 Å². The Morgan fingerprint density at radius 3 is 2.70 bits per heavy atom. The van der Waals surface area contributed by atoms with Gasteiger partial charge in [-0.2, -0.15) is 5.10 Å². The molecule has 20 heavy (non-hydrogen) atoms. The van der Waals surface area contributed by atoms with Crippen molar-refractivity contribution in [3.8, 4) is 5.75 Å². The van der Waals surface area contributed by atoms with E-state index in [1.165, 1.54) is 0 Å². The van der Waals surface area contributed by atoms with Gasteiger partial charge in [-0.05, 0) is 32.0 Å². The van der Waals surface area contributed by atoms with E-state index in [0.29, 0.717) is 22.0 Å². The molecule has 108 valence electrons. The molecule has 2 aromatic rings. The summed E-state index contributed by atoms with van der Waals surface area (Å²) in [6.07, 6.45) is 0.699. The highest BCUT2D eigenvalue weighted by Gasteiger charge is 2.24. The average Bonchev–Trinajstić information content (AvgIpc) is 2.84. The molecule has 1 N–H and O–H groups in total. The number of nitrogens with zero attached hydrogens (tertiary/aromatic N) is 2. The van der Waals surface area contributed by atoms with Gasteiger partial charge in [-0.25, -0.2) is 0 Å². The molecule has 1 unspecified atom stereocenters. The molecule has 0 spiro atoms. The Kier molecular flexibility index (Phi) is 4.73. The summed E-state index contributed by atoms with van der Waals surface area (Å²) in [6.45, 7) is 3.98. The molecule has 6 heteroatoms. The summed E-state index contributed by atoms with van der Waals surface area (Å²) in [6, 6.07) is 5.47. The topological polar surface area (TPSA) is 47.3 Å². The van der Waals surface area contributed by atoms with Gasteiger partial charge in [-0.3, -0.25) is 4.68 Å². The van der Waals surface area contributed by atoms with Crippen molar-refractivity contribution in [2.75, 3.05) is 7.11 Å². The first-order chi connectivity index (χ1) is 9.45. The molecule has 2 rings (SSSR count). The molecule has 0 bridgehead atoms. The van der Waals surface area contributed by atoms with E-state index in [1.54, 1.807) is 30.1 Å². The van der Waals surface area contributed by atoms with E-state index in [4.69, 9.17) is 16.3 Å². The van der Waals surface area contributed by atoms with Crippen LogP contribution in [0.4, 0.5) is 0 Å². The third-order valence-corrected chi connectivity index (χ3v) is 3.86. The Bertz CT molecular complexity index is 613. The van der Waals surface area contributed by atoms with Gasteiger partial charge in [0.25, 0.3) is 0 Å². The highest BCUT2D eigenvalue weighted by molar-refractivity contribution is 9.10. The van der Waals surface area contributed by atoms with Gasteiger partial charge in [0.05, 0.1) is 13.3 Å². The zero-order valence-electron chi connectivity index (χ0n) is 11.5. The Balaban J connectivity index is 2.55. The summed E-state index contributed by atoms with van der Waals surface area (Å²) in [5, 5.41) is 15.4. The second-order valence-corrected chi connectivity index (χ2v) is 6.03. The number of ether oxygens (including phenoxy) is 1. The molecule has 0 radical (unpaired) electrons. The lowest BCUT2D eigenvalue weighted by Gasteiger charge is -2.18. The lowest BCUT2D eigenvalue weighted by molar-refractivity contribution is 0.199. The van der Waals surface area contributed by atoms with E-state index in [9.17, 15) is 5.11 Å². The first kappa shape index (κ1) is 15.4. The van der Waals surface area contributed by atoms with Gasteiger partial charge in [-0.1, -0.05) is 27.5 Å². The van der Waals surface area contributed by atoms with Crippen molar-refractivity contribution in [3.05, 3.63) is 45.1 Å². The van der Waals surface area contributed by atoms with Crippen LogP contribution in [-0.4, -0.2) is 22.0 Å². The van der Waals surface area contributed by atoms with Crippen molar-refractivity contribution in [1.82, 2.24) is 9.78 Å². The van der Waals surface area contributed by atoms with Gasteiger partial charge in [0, 0.05) is 21.1 Å². The largest absolute Gasteiger partial charge is 0.493 e. The number of aliphatic hydroxyl groups is 1. The number of hydrogen-bond acceptors (Lipinski definition) is 3. The van der Waals surface area contributed by atoms with Gasteiger partial charge in [0.1, 0.15) is 11.8 Å². The summed E-state index contributed by atoms with van der Waals surface area (Å²) < 4.78 is 7.88. The fraction of sp³-hybridized carbons (Fsp3) is 0.357. The smallest absolute Gasteiger partial charge is 0.163 e. The van der Waals surface area contributed by atoms with Crippen molar-refractivity contribution in [2.45, 2.75) is 26.0 Å². The maximum absolute atomic E-state index is 10.7. The van der Waals surface area contributed by atoms with Crippen molar-refractivity contribution in [2.24, 2.45) is 0 Å². The molecular formula is C14H16BrClN2O2. The van der Waals surface area contributed by atoms with Crippen LogP contribution in [0.1, 0.15) is 37.3 Å². The molecule has 0 fully saturated rings. The normalized spacial score (nSPS) is 12.8. The molecule has 1 atom stereocenters. The van der Waals surface area contributed by atoms with E-state index in [2.05, 4.69) is 21.0 Å². The number of hydrogen-bond donors (Lipinski definition) is 1. The Morgan fingerprint density at radius 2 is 2.10 bits per heavy atom. The van der Waals surface area contributed by atoms with Crippen LogP contribution in [0.25, 0.3) is 0 Å². The molecule has 1 aromatic heterocycles. The highest BCUT2D eigenvalue weighted by Crippen LogP contribution is 2.35. The van der Waals surface area contributed by atoms with Gasteiger partial charge in [0.15, 0.2) is 5.75 Å². The van der Waals surface area contributed by atoms with E-state index < -0.39 is 6.10 Å². The standard InChI is InChI=1S/C14H16BrClN2O2/c1-8(2)18-13(12(20-3)7-17-18)14(19)10-6-9(15)4-5-11(10)16/h4-8,14,19H,1-3H3. The zero-order chi connectivity index (χ0) is 14.9. The van der Waals surface area contributed by atoms with Crippen molar-refractivity contribution in [3.63, 3.8) is 0 Å². The predicted molar refractivity (Wildman–Crippen MR) is 82.4 cm³/mol. The average molecular weight is 360 g/mol. The number of aromatic nitrogens is 2. The lowest BCUT2D eigenvalue weighted by atomic mass is 10.1. The molecule has 1 aromatic carbocycles. The molecule has 0 amide bonds. The third-order valence-electron chi connectivity index (χ3n) is 3.02. The van der Waals surface area contributed by atoms with Gasteiger partial charge in [0.2, 0.25) is 0 Å². The van der Waals surface area contributed by atoms with Crippen LogP contribution in [0.15, 0.2) is 28.9 Å². The SMILES string of the molecule is COc1cnn(C(C)C)c1C(O)c1cc(Br)ccc1Cl. The van der Waals surface area contributed by atoms with Crippen LogP contribution in [0.5, 0.6) is 5.75 Å². The van der Waals surface area contributed by atoms with Crippen LogP contribution < -0.4 is 4.74 Å². The molecular weight excluding hydrogens is 344 g/mol. The summed E-state index contributed by atoms with van der Waals surface area (Å²) in [5.74, 6) is 0.544. The number of rotatable bonds is 4. The van der Waals surface area contributed by atoms with Crippen LogP contribution in [0, 0.1) is 0 Å². The number of benzene rings is 1. The first-order valence-corrected chi connectivity index (χ1v) is 7.37. The number of aliphatic hydroxyl groups excluding tert-OH is 1. The minimum absolute atomic E-state index is 0.106. The van der Waals surface area contributed by atoms with E-state index >= 15 is 0 Å².